The van der Waals surface area contributed by atoms with Crippen molar-refractivity contribution in [2.45, 2.75) is 56.8 Å². The van der Waals surface area contributed by atoms with Crippen LogP contribution in [0.25, 0.3) is 55.6 Å². The molecule has 1 fully saturated rings. The Morgan fingerprint density at radius 3 is 1.47 bits per heavy atom. The molecule has 0 amide bonds. The second-order valence-corrected chi connectivity index (χ2v) is 17.2. The van der Waals surface area contributed by atoms with E-state index in [1.807, 2.05) is 0 Å². The molecule has 0 N–H and O–H groups in total. The number of hydrogen-bond donors (Lipinski definition) is 0. The predicted octanol–water partition coefficient (Wildman–Crippen LogP) is 15.7. The minimum Gasteiger partial charge on any atom is -0.310 e. The number of nitrogens with zero attached hydrogens (tertiary/aromatic N) is 1. The van der Waals surface area contributed by atoms with E-state index in [1.54, 1.807) is 0 Å². The van der Waals surface area contributed by atoms with Gasteiger partial charge in [0.05, 0.1) is 0 Å². The van der Waals surface area contributed by atoms with Gasteiger partial charge in [0.15, 0.2) is 0 Å². The summed E-state index contributed by atoms with van der Waals surface area (Å²) in [5.74, 6) is 0. The van der Waals surface area contributed by atoms with Gasteiger partial charge in [-0.2, -0.15) is 0 Å². The van der Waals surface area contributed by atoms with Crippen LogP contribution in [0.4, 0.5) is 17.1 Å². The summed E-state index contributed by atoms with van der Waals surface area (Å²) in [5, 5.41) is 0. The fourth-order valence-corrected chi connectivity index (χ4v) is 10.9. The Morgan fingerprint density at radius 1 is 0.345 bits per heavy atom. The van der Waals surface area contributed by atoms with Crippen molar-refractivity contribution in [2.75, 3.05) is 4.90 Å². The Labute approximate surface area is 343 Å². The molecule has 0 radical (unpaired) electrons. The van der Waals surface area contributed by atoms with Crippen molar-refractivity contribution in [3.63, 3.8) is 0 Å². The van der Waals surface area contributed by atoms with Gasteiger partial charge >= 0.3 is 0 Å². The lowest BCUT2D eigenvalue weighted by Crippen LogP contribution is -2.28. The molecule has 0 atom stereocenters. The first-order chi connectivity index (χ1) is 28.5. The summed E-state index contributed by atoms with van der Waals surface area (Å²) in [7, 11) is 0. The summed E-state index contributed by atoms with van der Waals surface area (Å²) in [4.78, 5) is 2.47. The van der Waals surface area contributed by atoms with Gasteiger partial charge in [0.1, 0.15) is 0 Å². The Morgan fingerprint density at radius 2 is 0.810 bits per heavy atom. The molecule has 1 nitrogen and oxygen atoms in total. The van der Waals surface area contributed by atoms with Gasteiger partial charge in [-0.15, -0.1) is 0 Å². The van der Waals surface area contributed by atoms with Gasteiger partial charge in [0.2, 0.25) is 0 Å². The fourth-order valence-electron chi connectivity index (χ4n) is 10.9. The zero-order valence-corrected chi connectivity index (χ0v) is 33.4. The van der Waals surface area contributed by atoms with E-state index < -0.39 is 0 Å². The number of rotatable bonds is 6. The third-order valence-electron chi connectivity index (χ3n) is 13.7. The minimum absolute atomic E-state index is 0.0755. The van der Waals surface area contributed by atoms with E-state index in [2.05, 4.69) is 207 Å². The molecule has 1 spiro atoms. The summed E-state index contributed by atoms with van der Waals surface area (Å²) < 4.78 is 0. The lowest BCUT2D eigenvalue weighted by Gasteiger charge is -2.36. The topological polar surface area (TPSA) is 3.24 Å². The average molecular weight is 746 g/mol. The van der Waals surface area contributed by atoms with Crippen LogP contribution in [-0.2, 0) is 10.8 Å². The Balaban J connectivity index is 1.01. The third-order valence-corrected chi connectivity index (χ3v) is 13.7. The summed E-state index contributed by atoms with van der Waals surface area (Å²) in [6, 6.07) is 70.4. The minimum atomic E-state index is -0.0755. The fraction of sp³-hybridized carbons (Fsp3) is 0.158. The van der Waals surface area contributed by atoms with Gasteiger partial charge in [-0.1, -0.05) is 185 Å². The Bertz CT molecular complexity index is 2800. The van der Waals surface area contributed by atoms with Crippen LogP contribution in [0.15, 0.2) is 188 Å². The predicted molar refractivity (Wildman–Crippen MR) is 244 cm³/mol. The first kappa shape index (κ1) is 34.8. The van der Waals surface area contributed by atoms with Crippen molar-refractivity contribution in [3.8, 4) is 55.6 Å². The van der Waals surface area contributed by atoms with Crippen LogP contribution in [0, 0.1) is 0 Å². The van der Waals surface area contributed by atoms with Crippen molar-refractivity contribution in [3.05, 3.63) is 210 Å². The Hall–Kier alpha value is -6.44. The molecule has 8 aromatic rings. The molecule has 1 heteroatoms. The zero-order valence-electron chi connectivity index (χ0n) is 33.4. The van der Waals surface area contributed by atoms with E-state index in [1.165, 1.54) is 116 Å². The largest absolute Gasteiger partial charge is 0.310 e. The highest BCUT2D eigenvalue weighted by molar-refractivity contribution is 5.90. The van der Waals surface area contributed by atoms with E-state index in [-0.39, 0.29) is 10.8 Å². The highest BCUT2D eigenvalue weighted by Gasteiger charge is 2.44. The lowest BCUT2D eigenvalue weighted by molar-refractivity contribution is 0.353. The second kappa shape index (κ2) is 13.6. The van der Waals surface area contributed by atoms with Crippen LogP contribution in [0.1, 0.15) is 68.2 Å². The van der Waals surface area contributed by atoms with Gasteiger partial charge < -0.3 is 4.90 Å². The SMILES string of the molecule is CC1(C)c2ccccc2-c2cccc(-c3ccc(N(c4ccc(-c5ccc(-c6ccccc6)cc5)cc4)c4ccc5c(c4)C4(CCCCC4)c4ccccc4-5)cc3)c21. The van der Waals surface area contributed by atoms with Crippen LogP contribution >= 0.6 is 0 Å². The van der Waals surface area contributed by atoms with Gasteiger partial charge in [-0.3, -0.25) is 0 Å². The van der Waals surface area contributed by atoms with Gasteiger partial charge in [-0.25, -0.2) is 0 Å². The smallest absolute Gasteiger partial charge is 0.0465 e. The van der Waals surface area contributed by atoms with Crippen molar-refractivity contribution < 1.29 is 0 Å². The van der Waals surface area contributed by atoms with Gasteiger partial charge in [0.25, 0.3) is 0 Å². The summed E-state index contributed by atoms with van der Waals surface area (Å²) in [5.41, 5.74) is 22.4. The molecular weight excluding hydrogens is 699 g/mol. The molecule has 0 bridgehead atoms. The lowest BCUT2D eigenvalue weighted by atomic mass is 9.68. The second-order valence-electron chi connectivity index (χ2n) is 17.2. The standard InChI is InChI=1S/C57H47N/c1-56(2)52-20-9-7-17-49(52)51-19-13-18-47(55(51)56)43-28-32-45(33-29-43)58(44-30-26-42(27-31-44)41-24-22-40(23-25-41)39-14-5-3-6-15-39)46-34-35-50-48-16-8-10-21-53(48)57(54(50)38-46)36-11-4-12-37-57/h3,5-10,13-35,38H,4,11-12,36-37H2,1-2H3. The molecule has 8 aromatic carbocycles. The van der Waals surface area contributed by atoms with Crippen molar-refractivity contribution in [1.82, 2.24) is 0 Å². The van der Waals surface area contributed by atoms with Crippen LogP contribution < -0.4 is 4.90 Å². The average Bonchev–Trinajstić information content (AvgIpc) is 3.69. The number of fused-ring (bicyclic) bond motifs is 8. The van der Waals surface area contributed by atoms with Crippen molar-refractivity contribution in [1.29, 1.82) is 0 Å². The van der Waals surface area contributed by atoms with Crippen LogP contribution in [0.3, 0.4) is 0 Å². The normalized spacial score (nSPS) is 15.3. The first-order valence-electron chi connectivity index (χ1n) is 21.1. The maximum absolute atomic E-state index is 2.54. The highest BCUT2D eigenvalue weighted by atomic mass is 15.1. The van der Waals surface area contributed by atoms with Gasteiger partial charge in [0, 0.05) is 27.9 Å². The van der Waals surface area contributed by atoms with Gasteiger partial charge in [-0.05, 0) is 127 Å². The maximum Gasteiger partial charge on any atom is 0.0465 e. The Kier molecular flexibility index (Phi) is 8.15. The monoisotopic (exact) mass is 745 g/mol. The van der Waals surface area contributed by atoms with E-state index in [4.69, 9.17) is 0 Å². The van der Waals surface area contributed by atoms with E-state index >= 15 is 0 Å². The summed E-state index contributed by atoms with van der Waals surface area (Å²) in [6.45, 7) is 4.76. The van der Waals surface area contributed by atoms with Crippen LogP contribution in [-0.4, -0.2) is 0 Å². The van der Waals surface area contributed by atoms with Crippen LogP contribution in [0.5, 0.6) is 0 Å². The van der Waals surface area contributed by atoms with E-state index in [0.717, 1.165) is 11.4 Å². The molecular formula is C57H47N. The molecule has 0 heterocycles. The molecule has 0 unspecified atom stereocenters. The van der Waals surface area contributed by atoms with Crippen molar-refractivity contribution >= 4 is 17.1 Å². The first-order valence-corrected chi connectivity index (χ1v) is 21.1. The zero-order chi connectivity index (χ0) is 38.8. The molecule has 280 valence electrons. The van der Waals surface area contributed by atoms with Crippen LogP contribution in [0.2, 0.25) is 0 Å². The third kappa shape index (κ3) is 5.44. The highest BCUT2D eigenvalue weighted by Crippen LogP contribution is 2.57. The molecule has 0 aliphatic heterocycles. The molecule has 3 aliphatic rings. The molecule has 1 saturated carbocycles. The van der Waals surface area contributed by atoms with E-state index in [0.29, 0.717) is 0 Å². The van der Waals surface area contributed by atoms with E-state index in [9.17, 15) is 0 Å². The number of anilines is 3. The summed E-state index contributed by atoms with van der Waals surface area (Å²) in [6.07, 6.45) is 6.32. The summed E-state index contributed by atoms with van der Waals surface area (Å²) >= 11 is 0. The van der Waals surface area contributed by atoms with Crippen molar-refractivity contribution in [2.24, 2.45) is 0 Å². The molecule has 0 saturated heterocycles. The molecule has 0 aromatic heterocycles. The number of benzene rings is 8. The maximum atomic E-state index is 2.54. The quantitative estimate of drug-likeness (QED) is 0.164. The number of hydrogen-bond acceptors (Lipinski definition) is 1. The molecule has 3 aliphatic carbocycles. The molecule has 58 heavy (non-hydrogen) atoms. The molecule has 11 rings (SSSR count).